The second-order valence-electron chi connectivity index (χ2n) is 5.32. The van der Waals surface area contributed by atoms with Crippen LogP contribution in [0.25, 0.3) is 0 Å². The van der Waals surface area contributed by atoms with Crippen molar-refractivity contribution in [3.8, 4) is 0 Å². The number of carboxylic acid groups (broad SMARTS) is 1. The summed E-state index contributed by atoms with van der Waals surface area (Å²) >= 11 is 0. The minimum atomic E-state index is -1.00. The van der Waals surface area contributed by atoms with Gasteiger partial charge in [0.15, 0.2) is 0 Å². The Balaban J connectivity index is 1.88. The Kier molecular flexibility index (Phi) is 3.55. The number of amides is 2. The van der Waals surface area contributed by atoms with Gasteiger partial charge in [0.05, 0.1) is 18.2 Å². The van der Waals surface area contributed by atoms with Crippen LogP contribution in [0.1, 0.15) is 34.5 Å². The average molecular weight is 296 g/mol. The third-order valence-corrected chi connectivity index (χ3v) is 3.95. The zero-order valence-electron chi connectivity index (χ0n) is 12.1. The molecule has 0 bridgehead atoms. The molecule has 5 nitrogen and oxygen atoms in total. The number of hydrogen-bond donors (Lipinski definition) is 2. The van der Waals surface area contributed by atoms with Crippen molar-refractivity contribution < 1.29 is 14.7 Å². The standard InChI is InChI=1S/C17H16N2O3/c1-11(12-5-3-2-4-6-12)19-10-14-8-7-13(16(20)21)9-15(14)18-17(19)22/h2-9,11H,10H2,1H3,(H,18,22)(H,20,21). The Morgan fingerprint density at radius 1 is 1.23 bits per heavy atom. The number of rotatable bonds is 3. The normalized spacial score (nSPS) is 15.0. The minimum Gasteiger partial charge on any atom is -0.478 e. The van der Waals surface area contributed by atoms with E-state index in [-0.39, 0.29) is 17.6 Å². The fourth-order valence-corrected chi connectivity index (χ4v) is 2.63. The first kappa shape index (κ1) is 14.1. The predicted octanol–water partition coefficient (Wildman–Crippen LogP) is 3.49. The van der Waals surface area contributed by atoms with Gasteiger partial charge in [-0.2, -0.15) is 0 Å². The maximum absolute atomic E-state index is 12.3. The first-order valence-electron chi connectivity index (χ1n) is 7.05. The molecular weight excluding hydrogens is 280 g/mol. The molecule has 2 N–H and O–H groups in total. The lowest BCUT2D eigenvalue weighted by Gasteiger charge is -2.34. The highest BCUT2D eigenvalue weighted by Gasteiger charge is 2.27. The van der Waals surface area contributed by atoms with Crippen molar-refractivity contribution in [3.63, 3.8) is 0 Å². The van der Waals surface area contributed by atoms with Gasteiger partial charge >= 0.3 is 12.0 Å². The number of aromatic carboxylic acids is 1. The molecule has 1 unspecified atom stereocenters. The summed E-state index contributed by atoms with van der Waals surface area (Å²) in [5.74, 6) is -1.00. The second-order valence-corrected chi connectivity index (χ2v) is 5.32. The minimum absolute atomic E-state index is 0.0616. The van der Waals surface area contributed by atoms with Gasteiger partial charge in [-0.15, -0.1) is 0 Å². The quantitative estimate of drug-likeness (QED) is 0.910. The molecule has 0 aliphatic carbocycles. The zero-order chi connectivity index (χ0) is 15.7. The number of carbonyl (C=O) groups is 2. The second kappa shape index (κ2) is 5.52. The smallest absolute Gasteiger partial charge is 0.335 e. The molecule has 0 spiro atoms. The summed E-state index contributed by atoms with van der Waals surface area (Å²) < 4.78 is 0. The molecule has 1 aliphatic heterocycles. The summed E-state index contributed by atoms with van der Waals surface area (Å²) in [4.78, 5) is 25.1. The number of carbonyl (C=O) groups excluding carboxylic acids is 1. The van der Waals surface area contributed by atoms with Crippen molar-refractivity contribution in [1.29, 1.82) is 0 Å². The van der Waals surface area contributed by atoms with Crippen molar-refractivity contribution in [1.82, 2.24) is 4.90 Å². The monoisotopic (exact) mass is 296 g/mol. The van der Waals surface area contributed by atoms with Gasteiger partial charge in [-0.05, 0) is 30.2 Å². The number of nitrogens with one attached hydrogen (secondary N) is 1. The van der Waals surface area contributed by atoms with E-state index in [1.165, 1.54) is 6.07 Å². The lowest BCUT2D eigenvalue weighted by atomic mass is 10.0. The Morgan fingerprint density at radius 2 is 1.95 bits per heavy atom. The number of carboxylic acids is 1. The van der Waals surface area contributed by atoms with Crippen LogP contribution < -0.4 is 5.32 Å². The molecule has 5 heteroatoms. The first-order chi connectivity index (χ1) is 10.6. The third-order valence-electron chi connectivity index (χ3n) is 3.95. The maximum atomic E-state index is 12.3. The Morgan fingerprint density at radius 3 is 2.64 bits per heavy atom. The van der Waals surface area contributed by atoms with E-state index in [9.17, 15) is 9.59 Å². The molecule has 0 radical (unpaired) electrons. The van der Waals surface area contributed by atoms with Crippen LogP contribution in [0, 0.1) is 0 Å². The van der Waals surface area contributed by atoms with Gasteiger partial charge in [-0.25, -0.2) is 9.59 Å². The Labute approximate surface area is 128 Å². The highest BCUT2D eigenvalue weighted by molar-refractivity contribution is 5.95. The van der Waals surface area contributed by atoms with Crippen LogP contribution in [0.3, 0.4) is 0 Å². The molecular formula is C17H16N2O3. The van der Waals surface area contributed by atoms with Crippen LogP contribution in [0.5, 0.6) is 0 Å². The van der Waals surface area contributed by atoms with Crippen LogP contribution in [0.4, 0.5) is 10.5 Å². The molecule has 2 aromatic carbocycles. The van der Waals surface area contributed by atoms with E-state index in [0.717, 1.165) is 11.1 Å². The van der Waals surface area contributed by atoms with Gasteiger partial charge in [-0.1, -0.05) is 36.4 Å². The van der Waals surface area contributed by atoms with E-state index in [1.54, 1.807) is 17.0 Å². The average Bonchev–Trinajstić information content (AvgIpc) is 2.53. The van der Waals surface area contributed by atoms with Gasteiger partial charge in [0.25, 0.3) is 0 Å². The predicted molar refractivity (Wildman–Crippen MR) is 82.8 cm³/mol. The van der Waals surface area contributed by atoms with E-state index in [4.69, 9.17) is 5.11 Å². The fraction of sp³-hybridized carbons (Fsp3) is 0.176. The van der Waals surface area contributed by atoms with Gasteiger partial charge in [0.2, 0.25) is 0 Å². The van der Waals surface area contributed by atoms with E-state index in [0.29, 0.717) is 12.2 Å². The summed E-state index contributed by atoms with van der Waals surface area (Å²) in [6.45, 7) is 2.43. The Bertz CT molecular complexity index is 728. The lowest BCUT2D eigenvalue weighted by molar-refractivity contribution is 0.0696. The lowest BCUT2D eigenvalue weighted by Crippen LogP contribution is -2.40. The van der Waals surface area contributed by atoms with Crippen molar-refractivity contribution in [3.05, 3.63) is 65.2 Å². The largest absolute Gasteiger partial charge is 0.478 e. The number of urea groups is 1. The van der Waals surface area contributed by atoms with Gasteiger partial charge in [-0.3, -0.25) is 0 Å². The topological polar surface area (TPSA) is 69.6 Å². The fourth-order valence-electron chi connectivity index (χ4n) is 2.63. The van der Waals surface area contributed by atoms with Crippen molar-refractivity contribution in [2.45, 2.75) is 19.5 Å². The molecule has 112 valence electrons. The van der Waals surface area contributed by atoms with Gasteiger partial charge in [0, 0.05) is 5.69 Å². The van der Waals surface area contributed by atoms with Crippen molar-refractivity contribution >= 4 is 17.7 Å². The SMILES string of the molecule is CC(c1ccccc1)N1Cc2ccc(C(=O)O)cc2NC1=O. The number of benzene rings is 2. The summed E-state index contributed by atoms with van der Waals surface area (Å²) in [6, 6.07) is 14.3. The third kappa shape index (κ3) is 2.53. The van der Waals surface area contributed by atoms with Crippen LogP contribution in [-0.2, 0) is 6.54 Å². The molecule has 1 aliphatic rings. The highest BCUT2D eigenvalue weighted by Crippen LogP contribution is 2.30. The van der Waals surface area contributed by atoms with E-state index in [1.807, 2.05) is 37.3 Å². The molecule has 0 saturated carbocycles. The maximum Gasteiger partial charge on any atom is 0.335 e. The van der Waals surface area contributed by atoms with Crippen LogP contribution >= 0.6 is 0 Å². The summed E-state index contributed by atoms with van der Waals surface area (Å²) in [5.41, 5.74) is 2.71. The number of anilines is 1. The van der Waals surface area contributed by atoms with E-state index < -0.39 is 5.97 Å². The Hall–Kier alpha value is -2.82. The molecule has 2 amide bonds. The van der Waals surface area contributed by atoms with Gasteiger partial charge in [0.1, 0.15) is 0 Å². The van der Waals surface area contributed by atoms with E-state index >= 15 is 0 Å². The molecule has 0 fully saturated rings. The molecule has 1 heterocycles. The zero-order valence-corrected chi connectivity index (χ0v) is 12.1. The summed E-state index contributed by atoms with van der Waals surface area (Å²) in [7, 11) is 0. The van der Waals surface area contributed by atoms with E-state index in [2.05, 4.69) is 5.32 Å². The van der Waals surface area contributed by atoms with Crippen LogP contribution in [-0.4, -0.2) is 22.0 Å². The molecule has 0 aromatic heterocycles. The molecule has 22 heavy (non-hydrogen) atoms. The van der Waals surface area contributed by atoms with Crippen LogP contribution in [0.15, 0.2) is 48.5 Å². The molecule has 0 saturated heterocycles. The number of fused-ring (bicyclic) bond motifs is 1. The van der Waals surface area contributed by atoms with Crippen molar-refractivity contribution in [2.75, 3.05) is 5.32 Å². The van der Waals surface area contributed by atoms with Crippen molar-refractivity contribution in [2.24, 2.45) is 0 Å². The summed E-state index contributed by atoms with van der Waals surface area (Å²) in [6.07, 6.45) is 0. The summed E-state index contributed by atoms with van der Waals surface area (Å²) in [5, 5.41) is 11.8. The molecule has 3 rings (SSSR count). The molecule has 1 atom stereocenters. The first-order valence-corrected chi connectivity index (χ1v) is 7.05. The molecule has 2 aromatic rings. The number of hydrogen-bond acceptors (Lipinski definition) is 2. The number of nitrogens with zero attached hydrogens (tertiary/aromatic N) is 1. The van der Waals surface area contributed by atoms with Gasteiger partial charge < -0.3 is 15.3 Å². The van der Waals surface area contributed by atoms with Crippen LogP contribution in [0.2, 0.25) is 0 Å². The highest BCUT2D eigenvalue weighted by atomic mass is 16.4.